The molecule has 0 aliphatic heterocycles. The van der Waals surface area contributed by atoms with E-state index in [0.29, 0.717) is 22.3 Å². The molecular formula is C16H23NO3S. The predicted octanol–water partition coefficient (Wildman–Crippen LogP) is 2.26. The number of aliphatic hydroxyl groups excluding tert-OH is 1. The second-order valence-corrected chi connectivity index (χ2v) is 8.21. The molecule has 1 aromatic carbocycles. The number of rotatable bonds is 6. The minimum atomic E-state index is -3.51. The average Bonchev–Trinajstić information content (AvgIpc) is 3.27. The zero-order valence-electron chi connectivity index (χ0n) is 12.6. The summed E-state index contributed by atoms with van der Waals surface area (Å²) in [5.74, 6) is 1.05. The van der Waals surface area contributed by atoms with Gasteiger partial charge in [-0.2, -0.15) is 0 Å². The Bertz CT molecular complexity index is 634. The number of aryl methyl sites for hydroxylation is 2. The van der Waals surface area contributed by atoms with E-state index in [2.05, 4.69) is 4.72 Å². The highest BCUT2D eigenvalue weighted by molar-refractivity contribution is 7.89. The normalized spacial score (nSPS) is 19.2. The average molecular weight is 309 g/mol. The molecule has 21 heavy (non-hydrogen) atoms. The van der Waals surface area contributed by atoms with Gasteiger partial charge in [-0.25, -0.2) is 13.1 Å². The number of hydrogen-bond donors (Lipinski definition) is 2. The maximum atomic E-state index is 12.7. The van der Waals surface area contributed by atoms with Crippen molar-refractivity contribution in [2.75, 3.05) is 0 Å². The smallest absolute Gasteiger partial charge is 0.241 e. The Kier molecular flexibility index (Phi) is 3.84. The molecular weight excluding hydrogens is 286 g/mol. The van der Waals surface area contributed by atoms with E-state index in [0.717, 1.165) is 36.8 Å². The highest BCUT2D eigenvalue weighted by Crippen LogP contribution is 2.45. The Labute approximate surface area is 126 Å². The third kappa shape index (κ3) is 3.15. The van der Waals surface area contributed by atoms with E-state index in [-0.39, 0.29) is 12.6 Å². The second kappa shape index (κ2) is 5.38. The molecule has 3 rings (SSSR count). The summed E-state index contributed by atoms with van der Waals surface area (Å²) in [6.07, 6.45) is 4.55. The third-order valence-corrected chi connectivity index (χ3v) is 6.25. The molecule has 2 fully saturated rings. The van der Waals surface area contributed by atoms with Crippen LogP contribution in [-0.4, -0.2) is 19.6 Å². The monoisotopic (exact) mass is 309 g/mol. The van der Waals surface area contributed by atoms with E-state index in [1.165, 1.54) is 0 Å². The maximum absolute atomic E-state index is 12.7. The predicted molar refractivity (Wildman–Crippen MR) is 81.4 cm³/mol. The molecule has 0 unspecified atom stereocenters. The molecule has 0 amide bonds. The van der Waals surface area contributed by atoms with Gasteiger partial charge >= 0.3 is 0 Å². The minimum absolute atomic E-state index is 0.105. The van der Waals surface area contributed by atoms with Crippen molar-refractivity contribution in [1.82, 2.24) is 4.72 Å². The number of sulfonamides is 1. The van der Waals surface area contributed by atoms with Crippen molar-refractivity contribution in [3.8, 4) is 0 Å². The van der Waals surface area contributed by atoms with E-state index >= 15 is 0 Å². The largest absolute Gasteiger partial charge is 0.392 e. The van der Waals surface area contributed by atoms with Gasteiger partial charge in [-0.1, -0.05) is 6.07 Å². The Morgan fingerprint density at radius 1 is 1.14 bits per heavy atom. The summed E-state index contributed by atoms with van der Waals surface area (Å²) in [4.78, 5) is 0.309. The van der Waals surface area contributed by atoms with Gasteiger partial charge in [0, 0.05) is 6.04 Å². The van der Waals surface area contributed by atoms with Crippen molar-refractivity contribution in [3.63, 3.8) is 0 Å². The minimum Gasteiger partial charge on any atom is -0.392 e. The van der Waals surface area contributed by atoms with Crippen molar-refractivity contribution in [2.45, 2.75) is 57.1 Å². The van der Waals surface area contributed by atoms with E-state index in [1.807, 2.05) is 19.9 Å². The van der Waals surface area contributed by atoms with Crippen LogP contribution < -0.4 is 4.72 Å². The molecule has 0 radical (unpaired) electrons. The summed E-state index contributed by atoms with van der Waals surface area (Å²) in [5.41, 5.74) is 2.34. The van der Waals surface area contributed by atoms with Crippen LogP contribution in [0.2, 0.25) is 0 Å². The molecule has 2 aliphatic rings. The van der Waals surface area contributed by atoms with Gasteiger partial charge in [0.1, 0.15) is 0 Å². The summed E-state index contributed by atoms with van der Waals surface area (Å²) in [5, 5.41) is 9.36. The number of nitrogens with one attached hydrogen (secondary N) is 1. The third-order valence-electron chi connectivity index (χ3n) is 4.64. The molecule has 0 bridgehead atoms. The molecule has 0 aromatic heterocycles. The molecule has 116 valence electrons. The first kappa shape index (κ1) is 15.0. The van der Waals surface area contributed by atoms with E-state index in [9.17, 15) is 13.5 Å². The van der Waals surface area contributed by atoms with Crippen LogP contribution in [0.1, 0.15) is 42.4 Å². The first-order valence-corrected chi connectivity index (χ1v) is 9.14. The van der Waals surface area contributed by atoms with Gasteiger partial charge in [-0.05, 0) is 74.1 Å². The lowest BCUT2D eigenvalue weighted by Crippen LogP contribution is -2.38. The molecule has 2 aliphatic carbocycles. The number of aliphatic hydroxyl groups is 1. The van der Waals surface area contributed by atoms with Crippen LogP contribution in [0.3, 0.4) is 0 Å². The molecule has 1 aromatic rings. The first-order valence-electron chi connectivity index (χ1n) is 7.65. The van der Waals surface area contributed by atoms with Crippen LogP contribution in [0, 0.1) is 25.7 Å². The Balaban J connectivity index is 1.90. The molecule has 0 atom stereocenters. The lowest BCUT2D eigenvalue weighted by molar-refractivity contribution is 0.280. The quantitative estimate of drug-likeness (QED) is 0.847. The molecule has 0 spiro atoms. The van der Waals surface area contributed by atoms with Crippen LogP contribution in [0.25, 0.3) is 0 Å². The molecule has 5 heteroatoms. The standard InChI is InChI=1S/C16H23NO3S/c1-10-7-11(2)15(8-14(10)9-18)21(19,20)17-16(12-3-4-12)13-5-6-13/h7-8,12-13,16-18H,3-6,9H2,1-2H3. The number of hydrogen-bond acceptors (Lipinski definition) is 3. The van der Waals surface area contributed by atoms with Crippen LogP contribution >= 0.6 is 0 Å². The number of benzene rings is 1. The van der Waals surface area contributed by atoms with Crippen molar-refractivity contribution in [1.29, 1.82) is 0 Å². The summed E-state index contributed by atoms with van der Waals surface area (Å²) in [6, 6.07) is 3.56. The van der Waals surface area contributed by atoms with Crippen molar-refractivity contribution < 1.29 is 13.5 Å². The maximum Gasteiger partial charge on any atom is 0.241 e. The van der Waals surface area contributed by atoms with Gasteiger partial charge in [-0.3, -0.25) is 0 Å². The van der Waals surface area contributed by atoms with Gasteiger partial charge in [-0.15, -0.1) is 0 Å². The Hall–Kier alpha value is -0.910. The Morgan fingerprint density at radius 3 is 2.19 bits per heavy atom. The zero-order valence-corrected chi connectivity index (χ0v) is 13.4. The van der Waals surface area contributed by atoms with Crippen molar-refractivity contribution in [2.24, 2.45) is 11.8 Å². The zero-order chi connectivity index (χ0) is 15.2. The SMILES string of the molecule is Cc1cc(C)c(S(=O)(=O)NC(C2CC2)C2CC2)cc1CO. The Morgan fingerprint density at radius 2 is 1.71 bits per heavy atom. The fourth-order valence-corrected chi connectivity index (χ4v) is 4.72. The summed E-state index contributed by atoms with van der Waals surface area (Å²) >= 11 is 0. The van der Waals surface area contributed by atoms with E-state index < -0.39 is 10.0 Å². The van der Waals surface area contributed by atoms with Crippen molar-refractivity contribution >= 4 is 10.0 Å². The van der Waals surface area contributed by atoms with Crippen molar-refractivity contribution in [3.05, 3.63) is 28.8 Å². The molecule has 2 N–H and O–H groups in total. The summed E-state index contributed by atoms with van der Waals surface area (Å²) in [6.45, 7) is 3.56. The summed E-state index contributed by atoms with van der Waals surface area (Å²) in [7, 11) is -3.51. The fourth-order valence-electron chi connectivity index (χ4n) is 3.07. The van der Waals surface area contributed by atoms with E-state index in [1.54, 1.807) is 6.07 Å². The molecule has 0 saturated heterocycles. The second-order valence-electron chi connectivity index (χ2n) is 6.52. The van der Waals surface area contributed by atoms with Crippen LogP contribution in [0.4, 0.5) is 0 Å². The molecule has 0 heterocycles. The van der Waals surface area contributed by atoms with Crippen LogP contribution in [0.15, 0.2) is 17.0 Å². The molecule has 4 nitrogen and oxygen atoms in total. The van der Waals surface area contributed by atoms with E-state index in [4.69, 9.17) is 0 Å². The van der Waals surface area contributed by atoms with Gasteiger partial charge in [0.05, 0.1) is 11.5 Å². The van der Waals surface area contributed by atoms with Crippen LogP contribution in [-0.2, 0) is 16.6 Å². The topological polar surface area (TPSA) is 66.4 Å². The summed E-state index contributed by atoms with van der Waals surface area (Å²) < 4.78 is 28.4. The van der Waals surface area contributed by atoms with Gasteiger partial charge in [0.15, 0.2) is 0 Å². The van der Waals surface area contributed by atoms with Gasteiger partial charge in [0.25, 0.3) is 0 Å². The molecule has 2 saturated carbocycles. The van der Waals surface area contributed by atoms with Gasteiger partial charge < -0.3 is 5.11 Å². The lowest BCUT2D eigenvalue weighted by atomic mass is 10.1. The first-order chi connectivity index (χ1) is 9.92. The fraction of sp³-hybridized carbons (Fsp3) is 0.625. The lowest BCUT2D eigenvalue weighted by Gasteiger charge is -2.19. The van der Waals surface area contributed by atoms with Crippen LogP contribution in [0.5, 0.6) is 0 Å². The highest BCUT2D eigenvalue weighted by Gasteiger charge is 2.43. The highest BCUT2D eigenvalue weighted by atomic mass is 32.2. The van der Waals surface area contributed by atoms with Gasteiger partial charge in [0.2, 0.25) is 10.0 Å².